The Hall–Kier alpha value is -3.27. The second-order valence-electron chi connectivity index (χ2n) is 6.21. The van der Waals surface area contributed by atoms with Crippen molar-refractivity contribution < 1.29 is 19.0 Å². The molecule has 1 aromatic heterocycles. The van der Waals surface area contributed by atoms with Gasteiger partial charge in [-0.1, -0.05) is 6.07 Å². The average Bonchev–Trinajstić information content (AvgIpc) is 2.77. The van der Waals surface area contributed by atoms with Gasteiger partial charge >= 0.3 is 6.03 Å². The van der Waals surface area contributed by atoms with Gasteiger partial charge in [0.1, 0.15) is 18.0 Å². The van der Waals surface area contributed by atoms with Gasteiger partial charge in [0, 0.05) is 32.2 Å². The van der Waals surface area contributed by atoms with Crippen molar-refractivity contribution in [3.05, 3.63) is 30.6 Å². The number of nitrogens with zero attached hydrogens (tertiary/aromatic N) is 3. The number of para-hydroxylation sites is 1. The Morgan fingerprint density at radius 1 is 1.17 bits per heavy atom. The molecule has 2 aromatic rings. The summed E-state index contributed by atoms with van der Waals surface area (Å²) >= 11 is 0. The minimum absolute atomic E-state index is 0.338. The third-order valence-electron chi connectivity index (χ3n) is 4.36. The summed E-state index contributed by atoms with van der Waals surface area (Å²) in [6, 6.07) is 6.84. The molecule has 3 rings (SSSR count). The molecule has 10 heteroatoms. The monoisotopic (exact) mass is 402 g/mol. The maximum atomic E-state index is 12.2. The number of morpholine rings is 1. The second-order valence-corrected chi connectivity index (χ2v) is 6.21. The highest BCUT2D eigenvalue weighted by Crippen LogP contribution is 2.34. The molecular formula is C19H26N6O4. The molecule has 2 heterocycles. The van der Waals surface area contributed by atoms with E-state index >= 15 is 0 Å². The summed E-state index contributed by atoms with van der Waals surface area (Å²) in [7, 11) is 3.07. The van der Waals surface area contributed by atoms with E-state index in [9.17, 15) is 4.79 Å². The summed E-state index contributed by atoms with van der Waals surface area (Å²) in [5, 5.41) is 8.74. The number of hydrogen-bond acceptors (Lipinski definition) is 8. The Bertz CT molecular complexity index is 813. The lowest BCUT2D eigenvalue weighted by atomic mass is 10.2. The van der Waals surface area contributed by atoms with E-state index < -0.39 is 0 Å². The summed E-state index contributed by atoms with van der Waals surface area (Å²) in [5.74, 6) is 2.59. The first-order chi connectivity index (χ1) is 14.2. The molecule has 2 amide bonds. The lowest BCUT2D eigenvalue weighted by Gasteiger charge is -2.27. The Labute approximate surface area is 169 Å². The summed E-state index contributed by atoms with van der Waals surface area (Å²) in [5.41, 5.74) is 0.531. The summed E-state index contributed by atoms with van der Waals surface area (Å²) in [4.78, 5) is 22.9. The molecule has 1 aliphatic heterocycles. The van der Waals surface area contributed by atoms with Crippen LogP contribution in [0.1, 0.15) is 0 Å². The first kappa shape index (κ1) is 20.5. The van der Waals surface area contributed by atoms with Crippen LogP contribution in [0.5, 0.6) is 11.5 Å². The fourth-order valence-electron chi connectivity index (χ4n) is 2.93. The van der Waals surface area contributed by atoms with Crippen LogP contribution in [-0.4, -0.2) is 69.6 Å². The van der Waals surface area contributed by atoms with Crippen LogP contribution in [0, 0.1) is 0 Å². The van der Waals surface area contributed by atoms with Crippen molar-refractivity contribution in [2.75, 3.05) is 69.1 Å². The standard InChI is InChI=1S/C19H26N6O4/c1-27-15-5-3-4-14(18(15)28-2)24-19(26)21-7-6-20-16-12-17(23-13-22-16)25-8-10-29-11-9-25/h3-5,12-13H,6-11H2,1-2H3,(H,20,22,23)(H2,21,24,26). The highest BCUT2D eigenvalue weighted by Gasteiger charge is 2.13. The summed E-state index contributed by atoms with van der Waals surface area (Å²) < 4.78 is 15.9. The summed E-state index contributed by atoms with van der Waals surface area (Å²) in [6.07, 6.45) is 1.53. The number of carbonyl (C=O) groups is 1. The molecule has 156 valence electrons. The van der Waals surface area contributed by atoms with Crippen LogP contribution in [0.3, 0.4) is 0 Å². The number of hydrogen-bond donors (Lipinski definition) is 3. The second kappa shape index (κ2) is 10.3. The lowest BCUT2D eigenvalue weighted by molar-refractivity contribution is 0.122. The van der Waals surface area contributed by atoms with Gasteiger partial charge in [0.15, 0.2) is 11.5 Å². The van der Waals surface area contributed by atoms with Gasteiger partial charge in [-0.3, -0.25) is 0 Å². The van der Waals surface area contributed by atoms with Gasteiger partial charge < -0.3 is 35.1 Å². The largest absolute Gasteiger partial charge is 0.493 e. The predicted molar refractivity (Wildman–Crippen MR) is 110 cm³/mol. The van der Waals surface area contributed by atoms with E-state index in [1.807, 2.05) is 6.07 Å². The highest BCUT2D eigenvalue weighted by atomic mass is 16.5. The van der Waals surface area contributed by atoms with Gasteiger partial charge in [0.25, 0.3) is 0 Å². The fraction of sp³-hybridized carbons (Fsp3) is 0.421. The molecule has 0 aliphatic carbocycles. The Kier molecular flexibility index (Phi) is 7.28. The SMILES string of the molecule is COc1cccc(NC(=O)NCCNc2cc(N3CCOCC3)ncn2)c1OC. The van der Waals surface area contributed by atoms with Crippen molar-refractivity contribution in [2.45, 2.75) is 0 Å². The first-order valence-electron chi connectivity index (χ1n) is 9.35. The number of amides is 2. The van der Waals surface area contributed by atoms with E-state index in [2.05, 4.69) is 30.8 Å². The number of urea groups is 1. The predicted octanol–water partition coefficient (Wildman–Crippen LogP) is 1.56. The van der Waals surface area contributed by atoms with Crippen molar-refractivity contribution in [1.29, 1.82) is 0 Å². The number of ether oxygens (including phenoxy) is 3. The Morgan fingerprint density at radius 2 is 2.00 bits per heavy atom. The normalized spacial score (nSPS) is 13.5. The Balaban J connectivity index is 1.45. The van der Waals surface area contributed by atoms with Crippen LogP contribution in [0.25, 0.3) is 0 Å². The maximum absolute atomic E-state index is 12.2. The van der Waals surface area contributed by atoms with Crippen LogP contribution in [-0.2, 0) is 4.74 Å². The molecule has 1 aromatic carbocycles. The molecule has 1 saturated heterocycles. The van der Waals surface area contributed by atoms with Crippen LogP contribution in [0.2, 0.25) is 0 Å². The van der Waals surface area contributed by atoms with Crippen molar-refractivity contribution in [3.63, 3.8) is 0 Å². The van der Waals surface area contributed by atoms with Crippen LogP contribution in [0.15, 0.2) is 30.6 Å². The van der Waals surface area contributed by atoms with E-state index in [0.29, 0.717) is 49.3 Å². The number of aromatic nitrogens is 2. The number of carbonyl (C=O) groups excluding carboxylic acids is 1. The topological polar surface area (TPSA) is 110 Å². The molecule has 10 nitrogen and oxygen atoms in total. The van der Waals surface area contributed by atoms with Crippen LogP contribution >= 0.6 is 0 Å². The van der Waals surface area contributed by atoms with Crippen LogP contribution in [0.4, 0.5) is 22.1 Å². The fourth-order valence-corrected chi connectivity index (χ4v) is 2.93. The molecule has 1 fully saturated rings. The van der Waals surface area contributed by atoms with E-state index in [4.69, 9.17) is 14.2 Å². The molecule has 0 spiro atoms. The van der Waals surface area contributed by atoms with Crippen molar-refractivity contribution in [3.8, 4) is 11.5 Å². The minimum Gasteiger partial charge on any atom is -0.493 e. The van der Waals surface area contributed by atoms with E-state index in [1.165, 1.54) is 13.4 Å². The zero-order valence-electron chi connectivity index (χ0n) is 16.6. The quantitative estimate of drug-likeness (QED) is 0.571. The van der Waals surface area contributed by atoms with Gasteiger partial charge in [-0.05, 0) is 12.1 Å². The average molecular weight is 402 g/mol. The number of rotatable bonds is 8. The molecule has 3 N–H and O–H groups in total. The smallest absolute Gasteiger partial charge is 0.319 e. The highest BCUT2D eigenvalue weighted by molar-refractivity contribution is 5.91. The minimum atomic E-state index is -0.338. The van der Waals surface area contributed by atoms with Crippen molar-refractivity contribution >= 4 is 23.4 Å². The number of anilines is 3. The lowest BCUT2D eigenvalue weighted by Crippen LogP contribution is -2.36. The molecule has 0 unspecified atom stereocenters. The zero-order chi connectivity index (χ0) is 20.5. The van der Waals surface area contributed by atoms with Gasteiger partial charge in [-0.2, -0.15) is 0 Å². The number of benzene rings is 1. The van der Waals surface area contributed by atoms with Gasteiger partial charge in [0.2, 0.25) is 0 Å². The van der Waals surface area contributed by atoms with Crippen molar-refractivity contribution in [2.24, 2.45) is 0 Å². The molecule has 0 radical (unpaired) electrons. The van der Waals surface area contributed by atoms with Crippen molar-refractivity contribution in [1.82, 2.24) is 15.3 Å². The number of methoxy groups -OCH3 is 2. The van der Waals surface area contributed by atoms with E-state index in [0.717, 1.165) is 18.9 Å². The maximum Gasteiger partial charge on any atom is 0.319 e. The molecule has 0 bridgehead atoms. The number of nitrogens with one attached hydrogen (secondary N) is 3. The van der Waals surface area contributed by atoms with Gasteiger partial charge in [-0.15, -0.1) is 0 Å². The van der Waals surface area contributed by atoms with Crippen LogP contribution < -0.4 is 30.3 Å². The van der Waals surface area contributed by atoms with E-state index in [1.54, 1.807) is 25.3 Å². The van der Waals surface area contributed by atoms with E-state index in [-0.39, 0.29) is 6.03 Å². The molecule has 0 saturated carbocycles. The molecule has 0 atom stereocenters. The molecule has 1 aliphatic rings. The van der Waals surface area contributed by atoms with Gasteiger partial charge in [-0.25, -0.2) is 14.8 Å². The zero-order valence-corrected chi connectivity index (χ0v) is 16.6. The Morgan fingerprint density at radius 3 is 2.76 bits per heavy atom. The molecule has 29 heavy (non-hydrogen) atoms. The molecular weight excluding hydrogens is 376 g/mol. The summed E-state index contributed by atoms with van der Waals surface area (Å²) in [6.45, 7) is 3.95. The third kappa shape index (κ3) is 5.61. The third-order valence-corrected chi connectivity index (χ3v) is 4.36. The van der Waals surface area contributed by atoms with Gasteiger partial charge in [0.05, 0.1) is 33.1 Å². The first-order valence-corrected chi connectivity index (χ1v) is 9.35.